The maximum Gasteiger partial charge on any atom is 0.248 e. The Morgan fingerprint density at radius 3 is 2.87 bits per heavy atom. The lowest BCUT2D eigenvalue weighted by molar-refractivity contribution is -0.133. The number of piperidine rings is 1. The van der Waals surface area contributed by atoms with Crippen LogP contribution in [0.3, 0.4) is 0 Å². The van der Waals surface area contributed by atoms with Gasteiger partial charge in [-0.15, -0.1) is 0 Å². The molecule has 2 amide bonds. The quantitative estimate of drug-likeness (QED) is 0.652. The van der Waals surface area contributed by atoms with Crippen molar-refractivity contribution in [1.29, 1.82) is 0 Å². The molecule has 0 unspecified atom stereocenters. The van der Waals surface area contributed by atoms with Gasteiger partial charge in [0.25, 0.3) is 0 Å². The minimum absolute atomic E-state index is 0.198. The van der Waals surface area contributed by atoms with Crippen molar-refractivity contribution >= 4 is 35.2 Å². The summed E-state index contributed by atoms with van der Waals surface area (Å²) in [6.45, 7) is 8.18. The molecule has 0 atom stereocenters. The molecule has 1 N–H and O–H groups in total. The Morgan fingerprint density at radius 2 is 2.13 bits per heavy atom. The molecule has 0 spiro atoms. The summed E-state index contributed by atoms with van der Waals surface area (Å²) >= 11 is 6.43. The van der Waals surface area contributed by atoms with Gasteiger partial charge in [0.1, 0.15) is 5.15 Å². The van der Waals surface area contributed by atoms with E-state index in [1.807, 2.05) is 36.1 Å². The zero-order valence-electron chi connectivity index (χ0n) is 17.8. The predicted molar refractivity (Wildman–Crippen MR) is 120 cm³/mol. The van der Waals surface area contributed by atoms with E-state index in [4.69, 9.17) is 11.6 Å². The number of nitrogens with zero attached hydrogens (tertiary/aromatic N) is 3. The highest BCUT2D eigenvalue weighted by atomic mass is 35.5. The molecule has 3 rings (SSSR count). The number of amides is 2. The van der Waals surface area contributed by atoms with E-state index in [0.29, 0.717) is 29.7 Å². The normalized spacial score (nSPS) is 14.7. The van der Waals surface area contributed by atoms with Crippen LogP contribution in [-0.2, 0) is 22.7 Å². The molecule has 6 nitrogen and oxygen atoms in total. The van der Waals surface area contributed by atoms with Crippen molar-refractivity contribution in [2.75, 3.05) is 11.9 Å². The van der Waals surface area contributed by atoms with E-state index in [9.17, 15) is 9.59 Å². The summed E-state index contributed by atoms with van der Waals surface area (Å²) in [5, 5.41) is 7.87. The molecular formula is C23H29ClN4O2. The first-order valence-electron chi connectivity index (χ1n) is 10.4. The third-order valence-electron chi connectivity index (χ3n) is 5.04. The number of rotatable bonds is 7. The zero-order chi connectivity index (χ0) is 21.7. The first-order valence-corrected chi connectivity index (χ1v) is 10.8. The number of carbonyl (C=O) groups is 2. The summed E-state index contributed by atoms with van der Waals surface area (Å²) < 4.78 is 1.77. The summed E-state index contributed by atoms with van der Waals surface area (Å²) in [5.41, 5.74) is 3.24. The standard InChI is InChI=1S/C23H29ClN4O2/c1-16(2)14-28-23(24)20(17(3)26-28)10-11-21(29)25-19-8-6-7-18(13-19)15-27-12-5-4-9-22(27)30/h6-8,10-11,13,16H,4-5,9,12,14-15H2,1-3H3,(H,25,29)/b11-10+. The minimum Gasteiger partial charge on any atom is -0.338 e. The van der Waals surface area contributed by atoms with Crippen LogP contribution >= 0.6 is 11.6 Å². The Hall–Kier alpha value is -2.60. The Balaban J connectivity index is 1.64. The number of hydrogen-bond acceptors (Lipinski definition) is 3. The zero-order valence-corrected chi connectivity index (χ0v) is 18.6. The van der Waals surface area contributed by atoms with Gasteiger partial charge in [-0.3, -0.25) is 14.3 Å². The van der Waals surface area contributed by atoms with E-state index in [-0.39, 0.29) is 11.8 Å². The van der Waals surface area contributed by atoms with E-state index in [2.05, 4.69) is 24.3 Å². The molecule has 1 saturated heterocycles. The summed E-state index contributed by atoms with van der Waals surface area (Å²) in [4.78, 5) is 26.3. The topological polar surface area (TPSA) is 67.2 Å². The van der Waals surface area contributed by atoms with E-state index >= 15 is 0 Å². The van der Waals surface area contributed by atoms with Gasteiger partial charge in [0, 0.05) is 43.4 Å². The first-order chi connectivity index (χ1) is 14.3. The Morgan fingerprint density at radius 1 is 1.33 bits per heavy atom. The lowest BCUT2D eigenvalue weighted by Gasteiger charge is -2.26. The summed E-state index contributed by atoms with van der Waals surface area (Å²) in [6.07, 6.45) is 5.81. The molecule has 2 aromatic rings. The molecule has 1 aliphatic rings. The van der Waals surface area contributed by atoms with Crippen molar-refractivity contribution in [3.8, 4) is 0 Å². The molecule has 7 heteroatoms. The molecule has 1 fully saturated rings. The van der Waals surface area contributed by atoms with Crippen molar-refractivity contribution in [1.82, 2.24) is 14.7 Å². The fraction of sp³-hybridized carbons (Fsp3) is 0.435. The van der Waals surface area contributed by atoms with Gasteiger partial charge in [-0.25, -0.2) is 0 Å². The number of hydrogen-bond donors (Lipinski definition) is 1. The SMILES string of the molecule is Cc1nn(CC(C)C)c(Cl)c1/C=C/C(=O)Nc1cccc(CN2CCCCC2=O)c1. The highest BCUT2D eigenvalue weighted by Crippen LogP contribution is 2.22. The van der Waals surface area contributed by atoms with E-state index in [1.54, 1.807) is 10.8 Å². The highest BCUT2D eigenvalue weighted by molar-refractivity contribution is 6.31. The maximum absolute atomic E-state index is 12.4. The van der Waals surface area contributed by atoms with Crippen molar-refractivity contribution < 1.29 is 9.59 Å². The Bertz CT molecular complexity index is 949. The van der Waals surface area contributed by atoms with Gasteiger partial charge in [-0.1, -0.05) is 37.6 Å². The predicted octanol–water partition coefficient (Wildman–Crippen LogP) is 4.67. The molecule has 0 saturated carbocycles. The van der Waals surface area contributed by atoms with Crippen LogP contribution in [0.1, 0.15) is 49.9 Å². The number of benzene rings is 1. The first kappa shape index (κ1) is 22.1. The summed E-state index contributed by atoms with van der Waals surface area (Å²) in [5.74, 6) is 0.381. The monoisotopic (exact) mass is 428 g/mol. The van der Waals surface area contributed by atoms with E-state index in [0.717, 1.165) is 42.8 Å². The molecule has 1 aliphatic heterocycles. The molecule has 30 heavy (non-hydrogen) atoms. The summed E-state index contributed by atoms with van der Waals surface area (Å²) in [7, 11) is 0. The molecule has 160 valence electrons. The van der Waals surface area contributed by atoms with Gasteiger partial charge in [-0.2, -0.15) is 5.10 Å². The van der Waals surface area contributed by atoms with Crippen LogP contribution in [0.15, 0.2) is 30.3 Å². The number of likely N-dealkylation sites (tertiary alicyclic amines) is 1. The van der Waals surface area contributed by atoms with Crippen molar-refractivity contribution in [3.05, 3.63) is 52.3 Å². The third kappa shape index (κ3) is 5.72. The molecular weight excluding hydrogens is 400 g/mol. The molecule has 0 radical (unpaired) electrons. The highest BCUT2D eigenvalue weighted by Gasteiger charge is 2.18. The molecule has 0 aliphatic carbocycles. The lowest BCUT2D eigenvalue weighted by atomic mass is 10.1. The van der Waals surface area contributed by atoms with Gasteiger partial charge < -0.3 is 10.2 Å². The molecule has 1 aromatic heterocycles. The molecule has 1 aromatic carbocycles. The Labute approximate surface area is 182 Å². The van der Waals surface area contributed by atoms with Crippen LogP contribution in [0.5, 0.6) is 0 Å². The molecule has 2 heterocycles. The number of aromatic nitrogens is 2. The van der Waals surface area contributed by atoms with Crippen LogP contribution in [0.2, 0.25) is 5.15 Å². The maximum atomic E-state index is 12.4. The van der Waals surface area contributed by atoms with E-state index < -0.39 is 0 Å². The average molecular weight is 429 g/mol. The largest absolute Gasteiger partial charge is 0.338 e. The van der Waals surface area contributed by atoms with E-state index in [1.165, 1.54) is 6.08 Å². The second-order valence-corrected chi connectivity index (χ2v) is 8.52. The number of anilines is 1. The van der Waals surface area contributed by atoms with Gasteiger partial charge in [0.15, 0.2) is 0 Å². The van der Waals surface area contributed by atoms with Crippen molar-refractivity contribution in [2.24, 2.45) is 5.92 Å². The smallest absolute Gasteiger partial charge is 0.248 e. The fourth-order valence-electron chi connectivity index (χ4n) is 3.56. The van der Waals surface area contributed by atoms with Crippen molar-refractivity contribution in [2.45, 2.75) is 53.1 Å². The van der Waals surface area contributed by atoms with Gasteiger partial charge >= 0.3 is 0 Å². The minimum atomic E-state index is -0.242. The van der Waals surface area contributed by atoms with Crippen LogP contribution < -0.4 is 5.32 Å². The van der Waals surface area contributed by atoms with Gasteiger partial charge in [0.2, 0.25) is 11.8 Å². The van der Waals surface area contributed by atoms with Crippen LogP contribution in [-0.4, -0.2) is 33.0 Å². The number of nitrogens with one attached hydrogen (secondary N) is 1. The fourth-order valence-corrected chi connectivity index (χ4v) is 3.87. The second-order valence-electron chi connectivity index (χ2n) is 8.16. The lowest BCUT2D eigenvalue weighted by Crippen LogP contribution is -2.34. The Kier molecular flexibility index (Phi) is 7.32. The average Bonchev–Trinajstić information content (AvgIpc) is 2.94. The van der Waals surface area contributed by atoms with Gasteiger partial charge in [-0.05, 0) is 49.5 Å². The number of carbonyl (C=O) groups excluding carboxylic acids is 2. The number of aryl methyl sites for hydroxylation is 1. The van der Waals surface area contributed by atoms with Crippen LogP contribution in [0.25, 0.3) is 6.08 Å². The second kappa shape index (κ2) is 9.94. The molecule has 0 bridgehead atoms. The third-order valence-corrected chi connectivity index (χ3v) is 5.44. The van der Waals surface area contributed by atoms with Gasteiger partial charge in [0.05, 0.1) is 5.69 Å². The number of halogens is 1. The summed E-state index contributed by atoms with van der Waals surface area (Å²) in [6, 6.07) is 7.61. The van der Waals surface area contributed by atoms with Crippen molar-refractivity contribution in [3.63, 3.8) is 0 Å². The van der Waals surface area contributed by atoms with Crippen LogP contribution in [0, 0.1) is 12.8 Å². The van der Waals surface area contributed by atoms with Crippen LogP contribution in [0.4, 0.5) is 5.69 Å².